The van der Waals surface area contributed by atoms with E-state index in [4.69, 9.17) is 0 Å². The van der Waals surface area contributed by atoms with E-state index in [2.05, 4.69) is 5.32 Å². The van der Waals surface area contributed by atoms with E-state index in [-0.39, 0.29) is 18.0 Å². The van der Waals surface area contributed by atoms with Crippen LogP contribution in [0, 0.1) is 0 Å². The maximum absolute atomic E-state index is 12.0. The maximum Gasteiger partial charge on any atom is 0.454 e. The van der Waals surface area contributed by atoms with Crippen LogP contribution < -0.4 is 5.32 Å². The number of benzene rings is 1. The molecule has 0 aromatic heterocycles. The van der Waals surface area contributed by atoms with Crippen LogP contribution >= 0.6 is 0 Å². The minimum Gasteiger partial charge on any atom is -0.381 e. The molecule has 0 aliphatic rings. The van der Waals surface area contributed by atoms with Gasteiger partial charge in [0.15, 0.2) is 5.78 Å². The normalized spacial score (nSPS) is 12.1. The summed E-state index contributed by atoms with van der Waals surface area (Å²) in [6, 6.07) is 8.32. The lowest BCUT2D eigenvalue weighted by atomic mass is 10.1. The molecule has 1 aromatic carbocycles. The molecule has 1 N–H and O–H groups in total. The van der Waals surface area contributed by atoms with Crippen LogP contribution in [0.25, 0.3) is 0 Å². The smallest absolute Gasteiger partial charge is 0.381 e. The van der Waals surface area contributed by atoms with Crippen molar-refractivity contribution in [3.05, 3.63) is 47.7 Å². The summed E-state index contributed by atoms with van der Waals surface area (Å²) in [7, 11) is 0. The Morgan fingerprint density at radius 2 is 1.79 bits per heavy atom. The van der Waals surface area contributed by atoms with Crippen LogP contribution in [0.2, 0.25) is 0 Å². The summed E-state index contributed by atoms with van der Waals surface area (Å²) >= 11 is 0. The van der Waals surface area contributed by atoms with Crippen LogP contribution in [-0.4, -0.2) is 24.3 Å². The zero-order valence-corrected chi connectivity index (χ0v) is 10.1. The number of hydrogen-bond acceptors (Lipinski definition) is 3. The van der Waals surface area contributed by atoms with Crippen molar-refractivity contribution in [2.24, 2.45) is 0 Å². The fraction of sp³-hybridized carbons (Fsp3) is 0.231. The molecule has 0 fully saturated rings. The van der Waals surface area contributed by atoms with E-state index in [1.165, 1.54) is 6.92 Å². The zero-order chi connectivity index (χ0) is 14.5. The van der Waals surface area contributed by atoms with Gasteiger partial charge in [0.05, 0.1) is 6.54 Å². The second-order valence-electron chi connectivity index (χ2n) is 3.83. The summed E-state index contributed by atoms with van der Waals surface area (Å²) in [5.41, 5.74) is 0.441. The number of nitrogens with one attached hydrogen (secondary N) is 1. The largest absolute Gasteiger partial charge is 0.454 e. The minimum absolute atomic E-state index is 0.00777. The molecule has 19 heavy (non-hydrogen) atoms. The number of carbonyl (C=O) groups is 2. The summed E-state index contributed by atoms with van der Waals surface area (Å²) in [5, 5.41) is 2.47. The standard InChI is InChI=1S/C13H12F3NO2/c1-9(7-12(19)13(14,15)16)17-8-11(18)10-5-3-2-4-6-10/h2-7,17H,8H2,1H3/b9-7-. The summed E-state index contributed by atoms with van der Waals surface area (Å²) in [6.07, 6.45) is -4.47. The molecule has 0 amide bonds. The second kappa shape index (κ2) is 6.17. The van der Waals surface area contributed by atoms with E-state index in [9.17, 15) is 22.8 Å². The van der Waals surface area contributed by atoms with Gasteiger partial charge in [-0.3, -0.25) is 9.59 Å². The van der Waals surface area contributed by atoms with Crippen LogP contribution in [0.4, 0.5) is 13.2 Å². The fourth-order valence-electron chi connectivity index (χ4n) is 1.28. The van der Waals surface area contributed by atoms with Crippen molar-refractivity contribution >= 4 is 11.6 Å². The molecular weight excluding hydrogens is 259 g/mol. The van der Waals surface area contributed by atoms with Gasteiger partial charge < -0.3 is 5.32 Å². The third-order valence-corrected chi connectivity index (χ3v) is 2.25. The molecule has 0 radical (unpaired) electrons. The highest BCUT2D eigenvalue weighted by molar-refractivity contribution is 5.98. The molecule has 0 aliphatic carbocycles. The molecule has 0 bridgehead atoms. The van der Waals surface area contributed by atoms with Gasteiger partial charge in [-0.25, -0.2) is 0 Å². The molecule has 0 spiro atoms. The zero-order valence-electron chi connectivity index (χ0n) is 10.1. The number of Topliss-reactive ketones (excluding diaryl/α,β-unsaturated/α-hetero) is 1. The van der Waals surface area contributed by atoms with E-state index in [0.717, 1.165) is 0 Å². The van der Waals surface area contributed by atoms with Gasteiger partial charge in [-0.1, -0.05) is 30.3 Å². The molecule has 1 rings (SSSR count). The van der Waals surface area contributed by atoms with Crippen molar-refractivity contribution in [2.45, 2.75) is 13.1 Å². The predicted octanol–water partition coefficient (Wildman–Crippen LogP) is 2.49. The van der Waals surface area contributed by atoms with Gasteiger partial charge in [-0.2, -0.15) is 13.2 Å². The van der Waals surface area contributed by atoms with Crippen molar-refractivity contribution in [3.63, 3.8) is 0 Å². The first-order valence-electron chi connectivity index (χ1n) is 5.42. The van der Waals surface area contributed by atoms with E-state index in [1.54, 1.807) is 30.3 Å². The Balaban J connectivity index is 2.56. The number of carbonyl (C=O) groups excluding carboxylic acids is 2. The van der Waals surface area contributed by atoms with Crippen molar-refractivity contribution in [1.82, 2.24) is 5.32 Å². The van der Waals surface area contributed by atoms with Gasteiger partial charge in [-0.15, -0.1) is 0 Å². The first-order chi connectivity index (χ1) is 8.80. The minimum atomic E-state index is -4.90. The molecular formula is C13H12F3NO2. The summed E-state index contributed by atoms with van der Waals surface area (Å²) in [5.74, 6) is -2.22. The third-order valence-electron chi connectivity index (χ3n) is 2.25. The lowest BCUT2D eigenvalue weighted by molar-refractivity contribution is -0.165. The van der Waals surface area contributed by atoms with Crippen molar-refractivity contribution in [1.29, 1.82) is 0 Å². The van der Waals surface area contributed by atoms with Crippen LogP contribution in [0.1, 0.15) is 17.3 Å². The van der Waals surface area contributed by atoms with Crippen LogP contribution in [0.3, 0.4) is 0 Å². The van der Waals surface area contributed by atoms with Gasteiger partial charge >= 0.3 is 6.18 Å². The molecule has 0 heterocycles. The number of allylic oxidation sites excluding steroid dienone is 2. The first-order valence-corrected chi connectivity index (χ1v) is 5.42. The molecule has 102 valence electrons. The highest BCUT2D eigenvalue weighted by Gasteiger charge is 2.36. The lowest BCUT2D eigenvalue weighted by Crippen LogP contribution is -2.25. The molecule has 0 unspecified atom stereocenters. The van der Waals surface area contributed by atoms with Crippen molar-refractivity contribution < 1.29 is 22.8 Å². The number of rotatable bonds is 5. The third kappa shape index (κ3) is 4.95. The van der Waals surface area contributed by atoms with Crippen molar-refractivity contribution in [2.75, 3.05) is 6.54 Å². The van der Waals surface area contributed by atoms with Gasteiger partial charge in [0.1, 0.15) is 0 Å². The van der Waals surface area contributed by atoms with Gasteiger partial charge in [0.2, 0.25) is 0 Å². The number of ketones is 2. The van der Waals surface area contributed by atoms with Crippen LogP contribution in [0.5, 0.6) is 0 Å². The Morgan fingerprint density at radius 1 is 1.21 bits per heavy atom. The van der Waals surface area contributed by atoms with E-state index >= 15 is 0 Å². The van der Waals surface area contributed by atoms with Crippen molar-refractivity contribution in [3.8, 4) is 0 Å². The Morgan fingerprint density at radius 3 is 2.32 bits per heavy atom. The highest BCUT2D eigenvalue weighted by Crippen LogP contribution is 2.16. The Hall–Kier alpha value is -2.11. The second-order valence-corrected chi connectivity index (χ2v) is 3.83. The Kier molecular flexibility index (Phi) is 4.86. The topological polar surface area (TPSA) is 46.2 Å². The summed E-state index contributed by atoms with van der Waals surface area (Å²) in [4.78, 5) is 22.3. The fourth-order valence-corrected chi connectivity index (χ4v) is 1.28. The van der Waals surface area contributed by atoms with E-state index in [1.807, 2.05) is 0 Å². The van der Waals surface area contributed by atoms with Gasteiger partial charge in [0.25, 0.3) is 5.78 Å². The molecule has 0 saturated carbocycles. The lowest BCUT2D eigenvalue weighted by Gasteiger charge is -2.07. The molecule has 0 saturated heterocycles. The summed E-state index contributed by atoms with van der Waals surface area (Å²) < 4.78 is 36.0. The number of alkyl halides is 3. The van der Waals surface area contributed by atoms with Crippen LogP contribution in [-0.2, 0) is 4.79 Å². The van der Waals surface area contributed by atoms with Gasteiger partial charge in [-0.05, 0) is 6.92 Å². The maximum atomic E-state index is 12.0. The first kappa shape index (κ1) is 14.9. The molecule has 3 nitrogen and oxygen atoms in total. The highest BCUT2D eigenvalue weighted by atomic mass is 19.4. The average Bonchev–Trinajstić information content (AvgIpc) is 2.35. The quantitative estimate of drug-likeness (QED) is 0.661. The van der Waals surface area contributed by atoms with Crippen LogP contribution in [0.15, 0.2) is 42.1 Å². The molecule has 1 aromatic rings. The number of hydrogen-bond donors (Lipinski definition) is 1. The van der Waals surface area contributed by atoms with Gasteiger partial charge in [0, 0.05) is 17.3 Å². The predicted molar refractivity (Wildman–Crippen MR) is 63.6 cm³/mol. The molecule has 6 heteroatoms. The van der Waals surface area contributed by atoms with E-state index < -0.39 is 12.0 Å². The molecule has 0 aliphatic heterocycles. The number of halogens is 3. The Bertz CT molecular complexity index is 492. The Labute approximate surface area is 108 Å². The SMILES string of the molecule is C/C(=C/C(=O)C(F)(F)F)NCC(=O)c1ccccc1. The van der Waals surface area contributed by atoms with E-state index in [0.29, 0.717) is 11.6 Å². The summed E-state index contributed by atoms with van der Waals surface area (Å²) in [6.45, 7) is 1.12. The molecule has 0 atom stereocenters. The monoisotopic (exact) mass is 271 g/mol. The average molecular weight is 271 g/mol.